The first-order valence-corrected chi connectivity index (χ1v) is 6.08. The number of methoxy groups -OCH3 is 1. The van der Waals surface area contributed by atoms with Gasteiger partial charge < -0.3 is 15.0 Å². The van der Waals surface area contributed by atoms with Gasteiger partial charge in [-0.3, -0.25) is 0 Å². The molecule has 1 N–H and O–H groups in total. The fraction of sp³-hybridized carbons (Fsp3) is 1.00. The van der Waals surface area contributed by atoms with Gasteiger partial charge in [-0.2, -0.15) is 0 Å². The molecule has 1 atom stereocenters. The molecule has 0 radical (unpaired) electrons. The van der Waals surface area contributed by atoms with Crippen molar-refractivity contribution in [3.63, 3.8) is 0 Å². The van der Waals surface area contributed by atoms with Gasteiger partial charge in [0, 0.05) is 32.3 Å². The Morgan fingerprint density at radius 1 is 1.27 bits per heavy atom. The van der Waals surface area contributed by atoms with E-state index >= 15 is 0 Å². The van der Waals surface area contributed by atoms with E-state index in [0.717, 1.165) is 19.7 Å². The molecule has 92 valence electrons. The quantitative estimate of drug-likeness (QED) is 0.635. The predicted octanol–water partition coefficient (Wildman–Crippen LogP) is 1.73. The van der Waals surface area contributed by atoms with Crippen LogP contribution in [0.5, 0.6) is 0 Å². The van der Waals surface area contributed by atoms with Crippen LogP contribution in [0.15, 0.2) is 0 Å². The molecular weight excluding hydrogens is 188 g/mol. The smallest absolute Gasteiger partial charge is 0.0615 e. The molecular formula is C12H28N2O. The van der Waals surface area contributed by atoms with Gasteiger partial charge >= 0.3 is 0 Å². The van der Waals surface area contributed by atoms with Crippen LogP contribution >= 0.6 is 0 Å². The Morgan fingerprint density at radius 2 is 1.87 bits per heavy atom. The SMILES string of the molecule is CCC(CC)NCCN(C)C(C)COC. The first kappa shape index (κ1) is 14.9. The second-order valence-electron chi connectivity index (χ2n) is 4.25. The van der Waals surface area contributed by atoms with Crippen LogP contribution in [0.1, 0.15) is 33.6 Å². The van der Waals surface area contributed by atoms with E-state index in [2.05, 4.69) is 38.0 Å². The van der Waals surface area contributed by atoms with Gasteiger partial charge in [0.05, 0.1) is 6.61 Å². The van der Waals surface area contributed by atoms with Crippen molar-refractivity contribution in [3.8, 4) is 0 Å². The van der Waals surface area contributed by atoms with Crippen molar-refractivity contribution in [2.75, 3.05) is 33.9 Å². The zero-order valence-corrected chi connectivity index (χ0v) is 11.0. The van der Waals surface area contributed by atoms with Crippen LogP contribution in [0, 0.1) is 0 Å². The van der Waals surface area contributed by atoms with Gasteiger partial charge in [-0.1, -0.05) is 13.8 Å². The molecule has 0 saturated heterocycles. The van der Waals surface area contributed by atoms with Crippen LogP contribution < -0.4 is 5.32 Å². The minimum Gasteiger partial charge on any atom is -0.383 e. The fourth-order valence-electron chi connectivity index (χ4n) is 1.61. The summed E-state index contributed by atoms with van der Waals surface area (Å²) in [5.41, 5.74) is 0. The van der Waals surface area contributed by atoms with Crippen molar-refractivity contribution in [2.24, 2.45) is 0 Å². The molecule has 0 aliphatic heterocycles. The number of hydrogen-bond donors (Lipinski definition) is 1. The molecule has 3 nitrogen and oxygen atoms in total. The Kier molecular flexibility index (Phi) is 9.06. The number of nitrogens with one attached hydrogen (secondary N) is 1. The highest BCUT2D eigenvalue weighted by molar-refractivity contribution is 4.67. The first-order valence-electron chi connectivity index (χ1n) is 6.08. The number of ether oxygens (including phenoxy) is 1. The lowest BCUT2D eigenvalue weighted by molar-refractivity contribution is 0.115. The van der Waals surface area contributed by atoms with Crippen LogP contribution in [0.4, 0.5) is 0 Å². The number of likely N-dealkylation sites (N-methyl/N-ethyl adjacent to an activating group) is 1. The van der Waals surface area contributed by atoms with Gasteiger partial charge in [-0.15, -0.1) is 0 Å². The summed E-state index contributed by atoms with van der Waals surface area (Å²) in [7, 11) is 3.91. The van der Waals surface area contributed by atoms with E-state index in [1.54, 1.807) is 7.11 Å². The summed E-state index contributed by atoms with van der Waals surface area (Å²) >= 11 is 0. The van der Waals surface area contributed by atoms with Crippen molar-refractivity contribution in [1.82, 2.24) is 10.2 Å². The van der Waals surface area contributed by atoms with E-state index in [1.807, 2.05) is 0 Å². The third-order valence-corrected chi connectivity index (χ3v) is 3.04. The summed E-state index contributed by atoms with van der Waals surface area (Å²) < 4.78 is 5.13. The van der Waals surface area contributed by atoms with Gasteiger partial charge in [0.1, 0.15) is 0 Å². The Hall–Kier alpha value is -0.120. The third-order valence-electron chi connectivity index (χ3n) is 3.04. The molecule has 15 heavy (non-hydrogen) atoms. The van der Waals surface area contributed by atoms with E-state index in [0.29, 0.717) is 12.1 Å². The van der Waals surface area contributed by atoms with Crippen molar-refractivity contribution in [1.29, 1.82) is 0 Å². The Balaban J connectivity index is 3.57. The van der Waals surface area contributed by atoms with E-state index in [-0.39, 0.29) is 0 Å². The Morgan fingerprint density at radius 3 is 2.33 bits per heavy atom. The van der Waals surface area contributed by atoms with Crippen molar-refractivity contribution in [3.05, 3.63) is 0 Å². The normalized spacial score (nSPS) is 13.8. The van der Waals surface area contributed by atoms with Gasteiger partial charge in [-0.05, 0) is 26.8 Å². The zero-order chi connectivity index (χ0) is 11.7. The maximum atomic E-state index is 5.13. The van der Waals surface area contributed by atoms with E-state index < -0.39 is 0 Å². The van der Waals surface area contributed by atoms with Gasteiger partial charge in [0.15, 0.2) is 0 Å². The Bertz CT molecular complexity index is 138. The molecule has 3 heteroatoms. The monoisotopic (exact) mass is 216 g/mol. The molecule has 0 heterocycles. The number of rotatable bonds is 9. The molecule has 0 aliphatic carbocycles. The minimum absolute atomic E-state index is 0.499. The highest BCUT2D eigenvalue weighted by Gasteiger charge is 2.08. The van der Waals surface area contributed by atoms with Crippen LogP contribution in [-0.4, -0.2) is 50.8 Å². The topological polar surface area (TPSA) is 24.5 Å². The van der Waals surface area contributed by atoms with E-state index in [9.17, 15) is 0 Å². The average molecular weight is 216 g/mol. The van der Waals surface area contributed by atoms with Crippen LogP contribution in [-0.2, 0) is 4.74 Å². The third kappa shape index (κ3) is 6.88. The molecule has 0 spiro atoms. The van der Waals surface area contributed by atoms with Crippen LogP contribution in [0.25, 0.3) is 0 Å². The predicted molar refractivity (Wildman–Crippen MR) is 66.3 cm³/mol. The lowest BCUT2D eigenvalue weighted by Crippen LogP contribution is -2.40. The maximum Gasteiger partial charge on any atom is 0.0615 e. The molecule has 0 rings (SSSR count). The standard InChI is InChI=1S/C12H28N2O/c1-6-12(7-2)13-8-9-14(4)11(3)10-15-5/h11-13H,6-10H2,1-5H3. The van der Waals surface area contributed by atoms with Gasteiger partial charge in [-0.25, -0.2) is 0 Å². The second-order valence-corrected chi connectivity index (χ2v) is 4.25. The highest BCUT2D eigenvalue weighted by Crippen LogP contribution is 1.97. The number of nitrogens with zero attached hydrogens (tertiary/aromatic N) is 1. The summed E-state index contributed by atoms with van der Waals surface area (Å²) in [6.07, 6.45) is 2.43. The highest BCUT2D eigenvalue weighted by atomic mass is 16.5. The van der Waals surface area contributed by atoms with Crippen molar-refractivity contribution in [2.45, 2.75) is 45.7 Å². The average Bonchev–Trinajstić information content (AvgIpc) is 2.24. The molecule has 0 aromatic rings. The summed E-state index contributed by atoms with van der Waals surface area (Å²) in [6, 6.07) is 1.18. The van der Waals surface area contributed by atoms with Gasteiger partial charge in [0.25, 0.3) is 0 Å². The maximum absolute atomic E-state index is 5.13. The lowest BCUT2D eigenvalue weighted by atomic mass is 10.2. The van der Waals surface area contributed by atoms with Crippen molar-refractivity contribution >= 4 is 0 Å². The van der Waals surface area contributed by atoms with E-state index in [1.165, 1.54) is 12.8 Å². The summed E-state index contributed by atoms with van der Waals surface area (Å²) in [5, 5.41) is 3.56. The van der Waals surface area contributed by atoms with Gasteiger partial charge in [0.2, 0.25) is 0 Å². The lowest BCUT2D eigenvalue weighted by Gasteiger charge is -2.25. The molecule has 0 aliphatic rings. The molecule has 1 unspecified atom stereocenters. The fourth-order valence-corrected chi connectivity index (χ4v) is 1.61. The molecule has 0 aromatic heterocycles. The summed E-state index contributed by atoms with van der Waals surface area (Å²) in [4.78, 5) is 2.33. The second kappa shape index (κ2) is 9.13. The minimum atomic E-state index is 0.499. The molecule has 0 saturated carbocycles. The van der Waals surface area contributed by atoms with E-state index in [4.69, 9.17) is 4.74 Å². The molecule has 0 aromatic carbocycles. The molecule has 0 bridgehead atoms. The Labute approximate surface area is 95.2 Å². The molecule has 0 amide bonds. The largest absolute Gasteiger partial charge is 0.383 e. The van der Waals surface area contributed by atoms with Crippen LogP contribution in [0.2, 0.25) is 0 Å². The molecule has 0 fully saturated rings. The number of hydrogen-bond acceptors (Lipinski definition) is 3. The zero-order valence-electron chi connectivity index (χ0n) is 11.0. The van der Waals surface area contributed by atoms with Crippen molar-refractivity contribution < 1.29 is 4.74 Å². The van der Waals surface area contributed by atoms with Crippen LogP contribution in [0.3, 0.4) is 0 Å². The summed E-state index contributed by atoms with van der Waals surface area (Å²) in [5.74, 6) is 0. The summed E-state index contributed by atoms with van der Waals surface area (Å²) in [6.45, 7) is 9.62. The first-order chi connectivity index (χ1) is 7.15.